The molecule has 0 saturated carbocycles. The molecule has 0 bridgehead atoms. The van der Waals surface area contributed by atoms with Crippen molar-refractivity contribution in [1.29, 1.82) is 0 Å². The minimum Gasteiger partial charge on any atom is -0.477 e. The van der Waals surface area contributed by atoms with Gasteiger partial charge in [-0.2, -0.15) is 23.5 Å². The molecule has 2 saturated heterocycles. The van der Waals surface area contributed by atoms with E-state index in [-0.39, 0.29) is 67.0 Å². The van der Waals surface area contributed by atoms with Crippen LogP contribution >= 0.6 is 23.5 Å². The normalized spacial score (nSPS) is 21.3. The van der Waals surface area contributed by atoms with Crippen LogP contribution in [0.15, 0.2) is 164 Å². The Hall–Kier alpha value is -9.11. The highest BCUT2D eigenvalue weighted by Crippen LogP contribution is 2.37. The molecule has 12 atom stereocenters. The number of rotatable bonds is 36. The summed E-state index contributed by atoms with van der Waals surface area (Å²) in [5.74, 6) is -10.8. The van der Waals surface area contributed by atoms with Crippen molar-refractivity contribution in [2.75, 3.05) is 62.4 Å². The lowest BCUT2D eigenvalue weighted by molar-refractivity contribution is -0.310. The van der Waals surface area contributed by atoms with Crippen molar-refractivity contribution in [3.63, 3.8) is 0 Å². The largest absolute Gasteiger partial charge is 0.477 e. The maximum atomic E-state index is 13.5. The molecule has 2 aliphatic rings. The van der Waals surface area contributed by atoms with Crippen LogP contribution in [0.3, 0.4) is 0 Å². The van der Waals surface area contributed by atoms with Gasteiger partial charge in [-0.1, -0.05) is 103 Å². The third-order valence-electron chi connectivity index (χ3n) is 16.7. The molecule has 29 heteroatoms. The lowest BCUT2D eigenvalue weighted by Gasteiger charge is -2.47. The SMILES string of the molecule is CC(=O)N[C@H]1[C@H]([C@H](O)[C@H](O)CNC(=O)c2ccc(-c3ccccc3)cc2)O[C@@](OCCCSCCNC(=O)c2ccc(C(=O)NCCSCCCO[C@]3(C(=O)O)C[C@H](O)[C@@H](NC(C)=O)[C@H]([C@H](O)[C@H](O)CNC(=O)c4ccc(-c5ccccc5)cc4)O3)cc2)(C(=O)O)C[C@@H]1OC(=O)c1ccccc1. The number of thioether (sulfide) groups is 2. The van der Waals surface area contributed by atoms with Crippen LogP contribution in [0.1, 0.15) is 91.3 Å². The van der Waals surface area contributed by atoms with E-state index in [1.807, 2.05) is 60.7 Å². The number of amides is 6. The van der Waals surface area contributed by atoms with Gasteiger partial charge in [-0.3, -0.25) is 28.8 Å². The summed E-state index contributed by atoms with van der Waals surface area (Å²) in [6.07, 6.45) is -14.9. The number of hydrogen-bond donors (Lipinski definition) is 13. The summed E-state index contributed by atoms with van der Waals surface area (Å²) >= 11 is 2.82. The first kappa shape index (κ1) is 78.6. The van der Waals surface area contributed by atoms with E-state index in [9.17, 15) is 78.9 Å². The second-order valence-corrected chi connectivity index (χ2v) is 26.6. The van der Waals surface area contributed by atoms with Crippen LogP contribution in [0.25, 0.3) is 22.3 Å². The number of hydrogen-bond acceptors (Lipinski definition) is 21. The average molecular weight is 1450 g/mol. The standard InChI is InChI=1S/C73H84N6O21S2/c1-44(80)78-59-55(82)40-72(70(92)93,99-63(59)61(85)56(83)42-76-67(89)52-24-20-48(21-25-52)46-14-6-3-7-15-46)96-34-12-36-101-38-32-74-65(87)50-28-30-51(31-29-50)66(88)75-33-39-102-37-13-35-97-73(71(94)95)41-58(98-69(91)54-18-10-5-11-19-54)60(79-45(2)81)64(100-73)62(86)57(84)43-77-68(90)53-26-22-49(23-27-53)47-16-8-4-9-17-47/h3-11,14-31,55-64,82-86H,12-13,32-43H2,1-2H3,(H,74,87)(H,75,88)(H,76,89)(H,77,90)(H,78,80)(H,79,81)(H,92,93)(H,94,95)/t55-,56+,57+,58-,59+,60+,61+,62+,63+,64+,72+,73+/m0/s1. The maximum Gasteiger partial charge on any atom is 0.364 e. The number of esters is 1. The van der Waals surface area contributed by atoms with Crippen LogP contribution in [0.4, 0.5) is 0 Å². The van der Waals surface area contributed by atoms with Crippen molar-refractivity contribution < 1.29 is 103 Å². The molecular weight excluding hydrogens is 1360 g/mol. The van der Waals surface area contributed by atoms with Crippen LogP contribution in [0.5, 0.6) is 0 Å². The molecule has 0 spiro atoms. The van der Waals surface area contributed by atoms with E-state index in [2.05, 4.69) is 31.9 Å². The fourth-order valence-electron chi connectivity index (χ4n) is 11.4. The number of carbonyl (C=O) groups excluding carboxylic acids is 7. The molecular formula is C73H84N6O21S2. The number of nitrogens with one attached hydrogen (secondary N) is 6. The molecule has 6 amide bonds. The Bertz CT molecular complexity index is 3780. The first-order valence-electron chi connectivity index (χ1n) is 33.0. The first-order chi connectivity index (χ1) is 49.0. The first-order valence-corrected chi connectivity index (χ1v) is 35.3. The summed E-state index contributed by atoms with van der Waals surface area (Å²) in [5.41, 5.74) is 4.77. The minimum atomic E-state index is -2.59. The summed E-state index contributed by atoms with van der Waals surface area (Å²) in [6, 6.07) is 43.3. The van der Waals surface area contributed by atoms with Gasteiger partial charge < -0.3 is 91.3 Å². The Morgan fingerprint density at radius 3 is 1.22 bits per heavy atom. The second-order valence-electron chi connectivity index (χ2n) is 24.2. The van der Waals surface area contributed by atoms with E-state index < -0.39 is 152 Å². The zero-order valence-corrected chi connectivity index (χ0v) is 57.6. The highest BCUT2D eigenvalue weighted by Gasteiger charge is 2.58. The van der Waals surface area contributed by atoms with Crippen LogP contribution in [-0.4, -0.2) is 224 Å². The number of carboxylic acids is 2. The molecule has 0 unspecified atom stereocenters. The summed E-state index contributed by atoms with van der Waals surface area (Å²) < 4.78 is 29.5. The van der Waals surface area contributed by atoms with Gasteiger partial charge in [-0.15, -0.1) is 0 Å². The predicted octanol–water partition coefficient (Wildman–Crippen LogP) is 3.80. The second kappa shape index (κ2) is 38.2. The molecule has 2 fully saturated rings. The molecule has 0 aromatic heterocycles. The molecule has 0 radical (unpaired) electrons. The quantitative estimate of drug-likeness (QED) is 0.0196. The molecule has 544 valence electrons. The number of benzene rings is 6. The van der Waals surface area contributed by atoms with Gasteiger partial charge in [0.1, 0.15) is 30.5 Å². The number of aliphatic hydroxyl groups excluding tert-OH is 5. The van der Waals surface area contributed by atoms with Gasteiger partial charge in [0.15, 0.2) is 0 Å². The van der Waals surface area contributed by atoms with Crippen molar-refractivity contribution in [3.05, 3.63) is 192 Å². The van der Waals surface area contributed by atoms with E-state index in [1.54, 1.807) is 66.7 Å². The van der Waals surface area contributed by atoms with Gasteiger partial charge in [0.25, 0.3) is 35.2 Å². The molecule has 102 heavy (non-hydrogen) atoms. The van der Waals surface area contributed by atoms with Crippen LogP contribution in [0, 0.1) is 0 Å². The van der Waals surface area contributed by atoms with Gasteiger partial charge >= 0.3 is 17.9 Å². The highest BCUT2D eigenvalue weighted by molar-refractivity contribution is 7.99. The van der Waals surface area contributed by atoms with Gasteiger partial charge in [0.05, 0.1) is 55.6 Å². The summed E-state index contributed by atoms with van der Waals surface area (Å²) in [7, 11) is 0. The predicted molar refractivity (Wildman–Crippen MR) is 376 cm³/mol. The van der Waals surface area contributed by atoms with E-state index in [1.165, 1.54) is 59.9 Å². The maximum absolute atomic E-state index is 13.5. The lowest BCUT2D eigenvalue weighted by atomic mass is 9.88. The van der Waals surface area contributed by atoms with E-state index in [4.69, 9.17) is 23.7 Å². The smallest absolute Gasteiger partial charge is 0.364 e. The summed E-state index contributed by atoms with van der Waals surface area (Å²) in [5, 5.41) is 93.5. The Kier molecular flexibility index (Phi) is 29.5. The number of aliphatic carboxylic acids is 2. The van der Waals surface area contributed by atoms with Crippen molar-refractivity contribution in [2.24, 2.45) is 0 Å². The molecule has 13 N–H and O–H groups in total. The van der Waals surface area contributed by atoms with E-state index in [0.29, 0.717) is 23.0 Å². The third-order valence-corrected chi connectivity index (χ3v) is 18.8. The number of aliphatic hydroxyl groups is 5. The number of ether oxygens (including phenoxy) is 5. The zero-order valence-electron chi connectivity index (χ0n) is 55.9. The van der Waals surface area contributed by atoms with Crippen LogP contribution in [0.2, 0.25) is 0 Å². The molecule has 6 aromatic carbocycles. The Morgan fingerprint density at radius 2 is 0.814 bits per heavy atom. The highest BCUT2D eigenvalue weighted by atomic mass is 32.2. The third kappa shape index (κ3) is 22.0. The monoisotopic (exact) mass is 1440 g/mol. The fourth-order valence-corrected chi connectivity index (χ4v) is 12.9. The van der Waals surface area contributed by atoms with E-state index in [0.717, 1.165) is 36.1 Å². The molecule has 27 nitrogen and oxygen atoms in total. The summed E-state index contributed by atoms with van der Waals surface area (Å²) in [4.78, 5) is 117. The number of carboxylic acid groups (broad SMARTS) is 2. The lowest BCUT2D eigenvalue weighted by Crippen LogP contribution is -2.68. The fraction of sp³-hybridized carbons (Fsp3) is 0.384. The minimum absolute atomic E-state index is 0.0968. The van der Waals surface area contributed by atoms with Crippen LogP contribution < -0.4 is 31.9 Å². The molecule has 2 aliphatic heterocycles. The van der Waals surface area contributed by atoms with Crippen molar-refractivity contribution in [2.45, 2.75) is 112 Å². The topological polar surface area (TPSA) is 414 Å². The zero-order chi connectivity index (χ0) is 73.3. The number of carbonyl (C=O) groups is 9. The van der Waals surface area contributed by atoms with Crippen molar-refractivity contribution >= 4 is 76.9 Å². The van der Waals surface area contributed by atoms with E-state index >= 15 is 0 Å². The van der Waals surface area contributed by atoms with Gasteiger partial charge in [-0.25, -0.2) is 14.4 Å². The molecule has 0 aliphatic carbocycles. The molecule has 6 aromatic rings. The van der Waals surface area contributed by atoms with Gasteiger partial charge in [0, 0.05) is 80.2 Å². The van der Waals surface area contributed by atoms with Crippen molar-refractivity contribution in [1.82, 2.24) is 31.9 Å². The Balaban J connectivity index is 0.742. The van der Waals surface area contributed by atoms with Crippen LogP contribution in [-0.2, 0) is 42.9 Å². The van der Waals surface area contributed by atoms with Crippen molar-refractivity contribution in [3.8, 4) is 22.3 Å². The Morgan fingerprint density at radius 1 is 0.461 bits per heavy atom. The molecule has 2 heterocycles. The molecule has 8 rings (SSSR count). The average Bonchev–Trinajstić information content (AvgIpc) is 0.754. The van der Waals surface area contributed by atoms with Gasteiger partial charge in [-0.05, 0) is 107 Å². The Labute approximate surface area is 596 Å². The summed E-state index contributed by atoms with van der Waals surface area (Å²) in [6.45, 7) is 1.28. The van der Waals surface area contributed by atoms with Gasteiger partial charge in [0.2, 0.25) is 11.8 Å².